The van der Waals surface area contributed by atoms with Gasteiger partial charge in [-0.05, 0) is 32.4 Å². The molecule has 2 aromatic rings. The summed E-state index contributed by atoms with van der Waals surface area (Å²) in [4.78, 5) is 14.4. The highest BCUT2D eigenvalue weighted by Crippen LogP contribution is 2.28. The number of aryl methyl sites for hydroxylation is 2. The van der Waals surface area contributed by atoms with Gasteiger partial charge in [0.05, 0.1) is 21.7 Å². The van der Waals surface area contributed by atoms with Crippen molar-refractivity contribution in [3.05, 3.63) is 50.8 Å². The molecule has 0 radical (unpaired) electrons. The zero-order valence-corrected chi connectivity index (χ0v) is 15.5. The van der Waals surface area contributed by atoms with Crippen LogP contribution in [0.5, 0.6) is 0 Å². The van der Waals surface area contributed by atoms with Crippen molar-refractivity contribution in [3.63, 3.8) is 0 Å². The second-order valence-electron chi connectivity index (χ2n) is 5.84. The van der Waals surface area contributed by atoms with Crippen LogP contribution >= 0.6 is 23.2 Å². The topological polar surface area (TPSA) is 38.1 Å². The maximum Gasteiger partial charge on any atom is 0.230 e. The van der Waals surface area contributed by atoms with Crippen molar-refractivity contribution in [2.24, 2.45) is 7.05 Å². The van der Waals surface area contributed by atoms with Gasteiger partial charge in [0.15, 0.2) is 0 Å². The van der Waals surface area contributed by atoms with Gasteiger partial charge in [-0.2, -0.15) is 5.10 Å². The SMILES string of the molecule is Cc1nn(C)c(C)c1C(C)C(=O)N(C)Cc1cccc(Cl)c1Cl. The van der Waals surface area contributed by atoms with Gasteiger partial charge in [0.2, 0.25) is 5.91 Å². The molecule has 0 N–H and O–H groups in total. The van der Waals surface area contributed by atoms with Crippen LogP contribution in [0.4, 0.5) is 0 Å². The van der Waals surface area contributed by atoms with Gasteiger partial charge in [0.1, 0.15) is 0 Å². The maximum absolute atomic E-state index is 12.8. The minimum absolute atomic E-state index is 0.0280. The van der Waals surface area contributed by atoms with E-state index in [2.05, 4.69) is 5.10 Å². The van der Waals surface area contributed by atoms with E-state index in [9.17, 15) is 4.79 Å². The molecule has 0 aliphatic heterocycles. The van der Waals surface area contributed by atoms with Crippen LogP contribution in [0.1, 0.15) is 35.4 Å². The molecule has 0 bridgehead atoms. The lowest BCUT2D eigenvalue weighted by Crippen LogP contribution is -2.30. The molecule has 0 aliphatic rings. The Morgan fingerprint density at radius 3 is 2.57 bits per heavy atom. The first-order chi connectivity index (χ1) is 10.7. The zero-order valence-electron chi connectivity index (χ0n) is 14.0. The van der Waals surface area contributed by atoms with E-state index >= 15 is 0 Å². The standard InChI is InChI=1S/C17H21Cl2N3O/c1-10(15-11(2)20-22(5)12(15)3)17(23)21(4)9-13-7-6-8-14(18)16(13)19/h6-8,10H,9H2,1-5H3. The Bertz CT molecular complexity index is 740. The summed E-state index contributed by atoms with van der Waals surface area (Å²) < 4.78 is 1.81. The number of likely N-dealkylation sites (N-methyl/N-ethyl adjacent to an activating group) is 1. The highest BCUT2D eigenvalue weighted by atomic mass is 35.5. The molecule has 1 aromatic carbocycles. The van der Waals surface area contributed by atoms with Gasteiger partial charge in [-0.25, -0.2) is 0 Å². The number of rotatable bonds is 4. The van der Waals surface area contributed by atoms with Gasteiger partial charge in [0, 0.05) is 31.9 Å². The predicted molar refractivity (Wildman–Crippen MR) is 94.0 cm³/mol. The van der Waals surface area contributed by atoms with Crippen molar-refractivity contribution < 1.29 is 4.79 Å². The summed E-state index contributed by atoms with van der Waals surface area (Å²) in [5.74, 6) is -0.230. The molecule has 1 heterocycles. The lowest BCUT2D eigenvalue weighted by Gasteiger charge is -2.22. The molecule has 124 valence electrons. The number of carbonyl (C=O) groups is 1. The van der Waals surface area contributed by atoms with Crippen molar-refractivity contribution in [1.29, 1.82) is 0 Å². The van der Waals surface area contributed by atoms with E-state index in [1.54, 1.807) is 18.0 Å². The quantitative estimate of drug-likeness (QED) is 0.829. The van der Waals surface area contributed by atoms with Crippen LogP contribution in [0.15, 0.2) is 18.2 Å². The monoisotopic (exact) mass is 353 g/mol. The van der Waals surface area contributed by atoms with Crippen molar-refractivity contribution in [2.75, 3.05) is 7.05 Å². The van der Waals surface area contributed by atoms with Crippen LogP contribution in [-0.4, -0.2) is 27.6 Å². The Hall–Kier alpha value is -1.52. The van der Waals surface area contributed by atoms with Crippen molar-refractivity contribution >= 4 is 29.1 Å². The first-order valence-corrected chi connectivity index (χ1v) is 8.17. The first kappa shape index (κ1) is 17.8. The smallest absolute Gasteiger partial charge is 0.230 e. The van der Waals surface area contributed by atoms with Crippen molar-refractivity contribution in [2.45, 2.75) is 33.2 Å². The predicted octanol–water partition coefficient (Wildman–Crippen LogP) is 4.11. The number of amides is 1. The summed E-state index contributed by atoms with van der Waals surface area (Å²) >= 11 is 12.2. The molecule has 2 rings (SSSR count). The van der Waals surface area contributed by atoms with Gasteiger partial charge in [-0.15, -0.1) is 0 Å². The number of benzene rings is 1. The van der Waals surface area contributed by atoms with E-state index in [1.807, 2.05) is 44.6 Å². The summed E-state index contributed by atoms with van der Waals surface area (Å²) in [6.07, 6.45) is 0. The molecule has 0 saturated carbocycles. The normalized spacial score (nSPS) is 12.3. The third kappa shape index (κ3) is 3.54. The number of aromatic nitrogens is 2. The molecule has 0 saturated heterocycles. The Labute approximate surface area is 147 Å². The number of halogens is 2. The van der Waals surface area contributed by atoms with Crippen LogP contribution in [0.3, 0.4) is 0 Å². The van der Waals surface area contributed by atoms with Crippen LogP contribution < -0.4 is 0 Å². The molecule has 1 unspecified atom stereocenters. The van der Waals surface area contributed by atoms with E-state index < -0.39 is 0 Å². The lowest BCUT2D eigenvalue weighted by atomic mass is 9.97. The van der Waals surface area contributed by atoms with E-state index in [-0.39, 0.29) is 11.8 Å². The molecule has 23 heavy (non-hydrogen) atoms. The third-order valence-corrected chi connectivity index (χ3v) is 5.04. The van der Waals surface area contributed by atoms with Crippen LogP contribution in [-0.2, 0) is 18.4 Å². The summed E-state index contributed by atoms with van der Waals surface area (Å²) in [6, 6.07) is 5.45. The average Bonchev–Trinajstić information content (AvgIpc) is 2.75. The van der Waals surface area contributed by atoms with Crippen molar-refractivity contribution in [1.82, 2.24) is 14.7 Å². The number of nitrogens with zero attached hydrogens (tertiary/aromatic N) is 3. The van der Waals surface area contributed by atoms with Gasteiger partial charge in [-0.3, -0.25) is 9.48 Å². The molecule has 1 atom stereocenters. The summed E-state index contributed by atoms with van der Waals surface area (Å²) in [5, 5.41) is 5.38. The van der Waals surface area contributed by atoms with Gasteiger partial charge in [0.25, 0.3) is 0 Å². The molecular formula is C17H21Cl2N3O. The van der Waals surface area contributed by atoms with Crippen LogP contribution in [0.25, 0.3) is 0 Å². The highest BCUT2D eigenvalue weighted by Gasteiger charge is 2.25. The van der Waals surface area contributed by atoms with E-state index in [0.29, 0.717) is 16.6 Å². The minimum Gasteiger partial charge on any atom is -0.341 e. The molecular weight excluding hydrogens is 333 g/mol. The summed E-state index contributed by atoms with van der Waals surface area (Å²) in [6.45, 7) is 6.24. The second-order valence-corrected chi connectivity index (χ2v) is 6.62. The average molecular weight is 354 g/mol. The summed E-state index contributed by atoms with van der Waals surface area (Å²) in [5.41, 5.74) is 3.72. The van der Waals surface area contributed by atoms with E-state index in [1.165, 1.54) is 0 Å². The van der Waals surface area contributed by atoms with E-state index in [4.69, 9.17) is 23.2 Å². The molecule has 0 fully saturated rings. The maximum atomic E-state index is 12.8. The fourth-order valence-electron chi connectivity index (χ4n) is 2.87. The number of carbonyl (C=O) groups excluding carboxylic acids is 1. The largest absolute Gasteiger partial charge is 0.341 e. The zero-order chi connectivity index (χ0) is 17.3. The van der Waals surface area contributed by atoms with Gasteiger partial charge < -0.3 is 4.90 Å². The molecule has 0 aliphatic carbocycles. The fraction of sp³-hybridized carbons (Fsp3) is 0.412. The van der Waals surface area contributed by atoms with Crippen LogP contribution in [0.2, 0.25) is 10.0 Å². The fourth-order valence-corrected chi connectivity index (χ4v) is 3.25. The molecule has 1 aromatic heterocycles. The van der Waals surface area contributed by atoms with E-state index in [0.717, 1.165) is 22.5 Å². The highest BCUT2D eigenvalue weighted by molar-refractivity contribution is 6.42. The Balaban J connectivity index is 2.20. The molecule has 4 nitrogen and oxygen atoms in total. The molecule has 1 amide bonds. The Morgan fingerprint density at radius 2 is 2.00 bits per heavy atom. The number of hydrogen-bond acceptors (Lipinski definition) is 2. The van der Waals surface area contributed by atoms with Gasteiger partial charge in [-0.1, -0.05) is 35.3 Å². The summed E-state index contributed by atoms with van der Waals surface area (Å²) in [7, 11) is 3.66. The van der Waals surface area contributed by atoms with Gasteiger partial charge >= 0.3 is 0 Å². The molecule has 6 heteroatoms. The molecule has 0 spiro atoms. The Kier molecular flexibility index (Phi) is 5.37. The van der Waals surface area contributed by atoms with Crippen LogP contribution in [0, 0.1) is 13.8 Å². The third-order valence-electron chi connectivity index (χ3n) is 4.18. The number of hydrogen-bond donors (Lipinski definition) is 0. The second kappa shape index (κ2) is 6.93. The Morgan fingerprint density at radius 1 is 1.35 bits per heavy atom. The lowest BCUT2D eigenvalue weighted by molar-refractivity contribution is -0.131. The minimum atomic E-state index is -0.258. The van der Waals surface area contributed by atoms with Crippen molar-refractivity contribution in [3.8, 4) is 0 Å². The first-order valence-electron chi connectivity index (χ1n) is 7.42.